The fraction of sp³-hybridized carbons (Fsp3) is 0.176. The molecule has 0 aliphatic rings. The Morgan fingerprint density at radius 2 is 2.14 bits per heavy atom. The second-order valence-electron chi connectivity index (χ2n) is 4.93. The van der Waals surface area contributed by atoms with Gasteiger partial charge in [0.1, 0.15) is 29.0 Å². The number of amides is 1. The van der Waals surface area contributed by atoms with E-state index >= 15 is 0 Å². The number of halogens is 1. The normalized spacial score (nSPS) is 11.1. The predicted octanol–water partition coefficient (Wildman–Crippen LogP) is 3.26. The summed E-state index contributed by atoms with van der Waals surface area (Å²) in [7, 11) is 0. The number of aryl methyl sites for hydroxylation is 2. The van der Waals surface area contributed by atoms with E-state index in [4.69, 9.17) is 9.68 Å². The zero-order chi connectivity index (χ0) is 16.1. The number of hydrogen-bond donors (Lipinski definition) is 1. The molecule has 5 heteroatoms. The summed E-state index contributed by atoms with van der Waals surface area (Å²) in [6.45, 7) is 3.73. The average Bonchev–Trinajstić information content (AvgIpc) is 2.87. The lowest BCUT2D eigenvalue weighted by atomic mass is 10.1. The Kier molecular flexibility index (Phi) is 4.74. The van der Waals surface area contributed by atoms with Gasteiger partial charge in [-0.05, 0) is 55.3 Å². The van der Waals surface area contributed by atoms with Crippen LogP contribution in [0.25, 0.3) is 6.08 Å². The van der Waals surface area contributed by atoms with E-state index in [0.717, 1.165) is 11.3 Å². The van der Waals surface area contributed by atoms with Gasteiger partial charge in [-0.25, -0.2) is 4.39 Å². The molecular weight excluding hydrogens is 283 g/mol. The van der Waals surface area contributed by atoms with Crippen LogP contribution in [-0.2, 0) is 11.3 Å². The zero-order valence-corrected chi connectivity index (χ0v) is 12.3. The third-order valence-electron chi connectivity index (χ3n) is 2.96. The van der Waals surface area contributed by atoms with Gasteiger partial charge < -0.3 is 9.73 Å². The minimum Gasteiger partial charge on any atom is -0.465 e. The summed E-state index contributed by atoms with van der Waals surface area (Å²) >= 11 is 0. The predicted molar refractivity (Wildman–Crippen MR) is 80.0 cm³/mol. The molecule has 0 saturated carbocycles. The molecule has 0 spiro atoms. The van der Waals surface area contributed by atoms with Crippen LogP contribution in [0.1, 0.15) is 22.6 Å². The van der Waals surface area contributed by atoms with Crippen LogP contribution in [0.3, 0.4) is 0 Å². The maximum absolute atomic E-state index is 13.3. The molecule has 2 rings (SSSR count). The third-order valence-corrected chi connectivity index (χ3v) is 2.96. The topological polar surface area (TPSA) is 66.0 Å². The summed E-state index contributed by atoms with van der Waals surface area (Å²) in [5, 5.41) is 11.7. The van der Waals surface area contributed by atoms with Crippen molar-refractivity contribution in [2.45, 2.75) is 20.4 Å². The Bertz CT molecular complexity index is 749. The fourth-order valence-corrected chi connectivity index (χ4v) is 2.01. The molecule has 0 saturated heterocycles. The Balaban J connectivity index is 2.11. The monoisotopic (exact) mass is 298 g/mol. The van der Waals surface area contributed by atoms with E-state index in [1.165, 1.54) is 18.2 Å². The molecule has 0 radical (unpaired) electrons. The minimum absolute atomic E-state index is 0.0896. The SMILES string of the molecule is Cc1cc(F)cc(/C=C(\C#N)C(=O)NCc2ccc(C)o2)c1. The second kappa shape index (κ2) is 6.72. The number of hydrogen-bond acceptors (Lipinski definition) is 3. The molecule has 1 aromatic heterocycles. The number of nitriles is 1. The van der Waals surface area contributed by atoms with E-state index in [0.29, 0.717) is 11.3 Å². The molecule has 1 heterocycles. The summed E-state index contributed by atoms with van der Waals surface area (Å²) < 4.78 is 18.7. The number of benzene rings is 1. The van der Waals surface area contributed by atoms with Gasteiger partial charge in [0, 0.05) is 0 Å². The van der Waals surface area contributed by atoms with Crippen molar-refractivity contribution in [1.29, 1.82) is 5.26 Å². The lowest BCUT2D eigenvalue weighted by Gasteiger charge is -2.03. The highest BCUT2D eigenvalue weighted by molar-refractivity contribution is 6.01. The van der Waals surface area contributed by atoms with Gasteiger partial charge in [0.25, 0.3) is 5.91 Å². The first-order valence-corrected chi connectivity index (χ1v) is 6.70. The molecular formula is C17H15FN2O2. The van der Waals surface area contributed by atoms with E-state index in [2.05, 4.69) is 5.32 Å². The van der Waals surface area contributed by atoms with Crippen molar-refractivity contribution >= 4 is 12.0 Å². The van der Waals surface area contributed by atoms with E-state index in [1.54, 1.807) is 32.0 Å². The number of furan rings is 1. The van der Waals surface area contributed by atoms with Gasteiger partial charge in [-0.2, -0.15) is 5.26 Å². The molecule has 0 unspecified atom stereocenters. The van der Waals surface area contributed by atoms with Gasteiger partial charge in [-0.1, -0.05) is 6.07 Å². The highest BCUT2D eigenvalue weighted by atomic mass is 19.1. The summed E-state index contributed by atoms with van der Waals surface area (Å²) in [6, 6.07) is 9.71. The molecule has 1 N–H and O–H groups in total. The lowest BCUT2D eigenvalue weighted by molar-refractivity contribution is -0.117. The first-order valence-electron chi connectivity index (χ1n) is 6.70. The molecule has 22 heavy (non-hydrogen) atoms. The van der Waals surface area contributed by atoms with Gasteiger partial charge in [-0.15, -0.1) is 0 Å². The van der Waals surface area contributed by atoms with Gasteiger partial charge >= 0.3 is 0 Å². The van der Waals surface area contributed by atoms with E-state index in [-0.39, 0.29) is 12.1 Å². The van der Waals surface area contributed by atoms with Crippen LogP contribution in [0, 0.1) is 31.0 Å². The van der Waals surface area contributed by atoms with Gasteiger partial charge in [0.15, 0.2) is 0 Å². The van der Waals surface area contributed by atoms with Crippen LogP contribution >= 0.6 is 0 Å². The van der Waals surface area contributed by atoms with Crippen LogP contribution in [0.4, 0.5) is 4.39 Å². The largest absolute Gasteiger partial charge is 0.465 e. The Labute approximate surface area is 127 Å². The second-order valence-corrected chi connectivity index (χ2v) is 4.93. The standard InChI is InChI=1S/C17H15FN2O2/c1-11-5-13(8-15(18)6-11)7-14(9-19)17(21)20-10-16-4-3-12(2)22-16/h3-8H,10H2,1-2H3,(H,20,21)/b14-7+. The van der Waals surface area contributed by atoms with Crippen LogP contribution in [0.5, 0.6) is 0 Å². The zero-order valence-electron chi connectivity index (χ0n) is 12.3. The first kappa shape index (κ1) is 15.5. The first-order chi connectivity index (χ1) is 10.5. The highest BCUT2D eigenvalue weighted by Gasteiger charge is 2.10. The highest BCUT2D eigenvalue weighted by Crippen LogP contribution is 2.12. The van der Waals surface area contributed by atoms with Crippen LogP contribution in [0.15, 0.2) is 40.3 Å². The smallest absolute Gasteiger partial charge is 0.262 e. The molecule has 1 aromatic carbocycles. The lowest BCUT2D eigenvalue weighted by Crippen LogP contribution is -2.23. The van der Waals surface area contributed by atoms with Crippen molar-refractivity contribution in [3.63, 3.8) is 0 Å². The number of nitrogens with one attached hydrogen (secondary N) is 1. The number of rotatable bonds is 4. The minimum atomic E-state index is -0.529. The molecule has 112 valence electrons. The molecule has 0 fully saturated rings. The van der Waals surface area contributed by atoms with Crippen molar-refractivity contribution in [3.8, 4) is 6.07 Å². The van der Waals surface area contributed by atoms with E-state index < -0.39 is 11.7 Å². The van der Waals surface area contributed by atoms with Crippen molar-refractivity contribution < 1.29 is 13.6 Å². The maximum atomic E-state index is 13.3. The molecule has 0 aliphatic carbocycles. The van der Waals surface area contributed by atoms with Gasteiger partial charge in [0.05, 0.1) is 6.54 Å². The number of carbonyl (C=O) groups is 1. The van der Waals surface area contributed by atoms with Crippen LogP contribution in [0.2, 0.25) is 0 Å². The van der Waals surface area contributed by atoms with Gasteiger partial charge in [-0.3, -0.25) is 4.79 Å². The van der Waals surface area contributed by atoms with Crippen molar-refractivity contribution in [2.75, 3.05) is 0 Å². The maximum Gasteiger partial charge on any atom is 0.262 e. The number of carbonyl (C=O) groups excluding carboxylic acids is 1. The van der Waals surface area contributed by atoms with Crippen LogP contribution < -0.4 is 5.32 Å². The molecule has 0 atom stereocenters. The summed E-state index contributed by atoms with van der Waals surface area (Å²) in [6.07, 6.45) is 1.36. The molecule has 0 aliphatic heterocycles. The van der Waals surface area contributed by atoms with Gasteiger partial charge in [0.2, 0.25) is 0 Å². The Morgan fingerprint density at radius 1 is 1.36 bits per heavy atom. The summed E-state index contributed by atoms with van der Waals surface area (Å²) in [5.41, 5.74) is 1.10. The number of nitrogens with zero attached hydrogens (tertiary/aromatic N) is 1. The van der Waals surface area contributed by atoms with E-state index in [1.807, 2.05) is 6.07 Å². The van der Waals surface area contributed by atoms with Crippen molar-refractivity contribution in [2.24, 2.45) is 0 Å². The third kappa shape index (κ3) is 4.06. The average molecular weight is 298 g/mol. The van der Waals surface area contributed by atoms with Crippen molar-refractivity contribution in [1.82, 2.24) is 5.32 Å². The molecule has 2 aromatic rings. The Hall–Kier alpha value is -2.87. The molecule has 1 amide bonds. The van der Waals surface area contributed by atoms with Crippen LogP contribution in [-0.4, -0.2) is 5.91 Å². The summed E-state index contributed by atoms with van der Waals surface area (Å²) in [4.78, 5) is 12.0. The Morgan fingerprint density at radius 3 is 2.73 bits per heavy atom. The fourth-order valence-electron chi connectivity index (χ4n) is 2.01. The molecule has 0 bridgehead atoms. The summed E-state index contributed by atoms with van der Waals surface area (Å²) in [5.74, 6) is 0.411. The van der Waals surface area contributed by atoms with Crippen molar-refractivity contribution in [3.05, 3.63) is 64.4 Å². The quantitative estimate of drug-likeness (QED) is 0.696. The molecule has 4 nitrogen and oxygen atoms in total. The van der Waals surface area contributed by atoms with E-state index in [9.17, 15) is 9.18 Å².